The van der Waals surface area contributed by atoms with Crippen molar-refractivity contribution in [3.05, 3.63) is 52.1 Å². The number of carbonyl (C=O) groups is 6. The third-order valence-corrected chi connectivity index (χ3v) is 10.1. The molecule has 3 aromatic rings. The van der Waals surface area contributed by atoms with Gasteiger partial charge in [0, 0.05) is 29.8 Å². The number of benzene rings is 1. The Morgan fingerprint density at radius 3 is 2.43 bits per heavy atom. The van der Waals surface area contributed by atoms with Crippen molar-refractivity contribution < 1.29 is 48.6 Å². The molecule has 2 aromatic heterocycles. The van der Waals surface area contributed by atoms with E-state index in [1.807, 2.05) is 0 Å². The van der Waals surface area contributed by atoms with Crippen molar-refractivity contribution in [1.82, 2.24) is 40.4 Å². The first kappa shape index (κ1) is 38.0. The first-order chi connectivity index (χ1) is 25.2. The molecular weight excluding hydrogens is 720 g/mol. The molecule has 278 valence electrons. The van der Waals surface area contributed by atoms with E-state index in [9.17, 15) is 43.8 Å². The van der Waals surface area contributed by atoms with Crippen LogP contribution in [0.4, 0.5) is 11.6 Å². The number of hydrogen-bond acceptors (Lipinski definition) is 16. The molecule has 0 aliphatic carbocycles. The van der Waals surface area contributed by atoms with E-state index in [2.05, 4.69) is 35.9 Å². The van der Waals surface area contributed by atoms with E-state index in [0.717, 1.165) is 11.8 Å². The van der Waals surface area contributed by atoms with Gasteiger partial charge >= 0.3 is 18.1 Å². The van der Waals surface area contributed by atoms with Crippen molar-refractivity contribution in [3.63, 3.8) is 0 Å². The van der Waals surface area contributed by atoms with Gasteiger partial charge in [0.25, 0.3) is 11.5 Å². The molecule has 3 saturated heterocycles. The number of anilines is 2. The van der Waals surface area contributed by atoms with Gasteiger partial charge in [0.2, 0.25) is 22.9 Å². The standard InChI is InChI=1S/C30H32N10O9S.CO2/c1-13-25(44)40-20(28(48)49)12-50-30(40)38-18(26(45)39(13)30)8-6-17(41)7-9-19(27(46)47)35-23(42)14-2-4-15(5-3-14)32-10-16-11-33-22-21(34-16)24(43)37-29(31)36-22;2-1-3/h2-5,11,13,18-20,32,38H,6-10,12H2,1H3,(H,35,42)(H,46,47)(H,48,49)(H3,31,33,36,37,43);/t13-,18-,19+,20-,30-;/m0./s1. The topological polar surface area (TPSA) is 317 Å². The number of nitrogens with two attached hydrogens (primary N) is 1. The van der Waals surface area contributed by atoms with Gasteiger partial charge in [-0.1, -0.05) is 11.8 Å². The second-order valence-electron chi connectivity index (χ2n) is 12.0. The predicted octanol–water partition coefficient (Wildman–Crippen LogP) is -1.52. The van der Waals surface area contributed by atoms with Crippen LogP contribution in [0.1, 0.15) is 48.7 Å². The Labute approximate surface area is 302 Å². The van der Waals surface area contributed by atoms with Gasteiger partial charge in [0.1, 0.15) is 23.9 Å². The second-order valence-corrected chi connectivity index (χ2v) is 13.2. The summed E-state index contributed by atoms with van der Waals surface area (Å²) in [7, 11) is 0. The Balaban J connectivity index is 0.00000175. The van der Waals surface area contributed by atoms with Gasteiger partial charge in [-0.2, -0.15) is 14.6 Å². The Bertz CT molecular complexity index is 2070. The van der Waals surface area contributed by atoms with Crippen LogP contribution in [0.2, 0.25) is 0 Å². The monoisotopic (exact) mass is 752 g/mol. The molecule has 3 aliphatic rings. The highest BCUT2D eigenvalue weighted by Gasteiger charge is 2.69. The summed E-state index contributed by atoms with van der Waals surface area (Å²) >= 11 is 1.14. The predicted molar refractivity (Wildman–Crippen MR) is 180 cm³/mol. The first-order valence-corrected chi connectivity index (χ1v) is 16.9. The zero-order valence-electron chi connectivity index (χ0n) is 27.7. The van der Waals surface area contributed by atoms with Gasteiger partial charge in [-0.15, -0.1) is 0 Å². The Kier molecular flexibility index (Phi) is 11.1. The molecule has 5 atom stereocenters. The average molecular weight is 753 g/mol. The third kappa shape index (κ3) is 7.68. The molecule has 8 N–H and O–H groups in total. The van der Waals surface area contributed by atoms with Crippen LogP contribution in [0.25, 0.3) is 11.2 Å². The maximum atomic E-state index is 13.2. The van der Waals surface area contributed by atoms with E-state index in [1.165, 1.54) is 35.1 Å². The molecule has 22 heteroatoms. The minimum Gasteiger partial charge on any atom is -0.480 e. The fourth-order valence-electron chi connectivity index (χ4n) is 6.19. The molecule has 0 radical (unpaired) electrons. The van der Waals surface area contributed by atoms with Gasteiger partial charge in [0.05, 0.1) is 24.5 Å². The zero-order valence-corrected chi connectivity index (χ0v) is 28.5. The van der Waals surface area contributed by atoms with Crippen LogP contribution < -0.4 is 27.2 Å². The van der Waals surface area contributed by atoms with E-state index < -0.39 is 64.5 Å². The van der Waals surface area contributed by atoms with Crippen LogP contribution in [0.15, 0.2) is 35.3 Å². The van der Waals surface area contributed by atoms with Gasteiger partial charge in [0.15, 0.2) is 11.2 Å². The van der Waals surface area contributed by atoms with E-state index in [0.29, 0.717) is 11.4 Å². The van der Waals surface area contributed by atoms with Crippen molar-refractivity contribution in [3.8, 4) is 0 Å². The molecule has 53 heavy (non-hydrogen) atoms. The number of amides is 3. The van der Waals surface area contributed by atoms with Crippen LogP contribution in [-0.2, 0) is 40.1 Å². The highest BCUT2D eigenvalue weighted by atomic mass is 32.2. The number of carboxylic acid groups (broad SMARTS) is 2. The third-order valence-electron chi connectivity index (χ3n) is 8.71. The minimum atomic E-state index is -1.36. The molecule has 1 spiro atoms. The van der Waals surface area contributed by atoms with Crippen molar-refractivity contribution in [2.75, 3.05) is 16.8 Å². The van der Waals surface area contributed by atoms with Crippen LogP contribution in [0.3, 0.4) is 0 Å². The smallest absolute Gasteiger partial charge is 0.373 e. The van der Waals surface area contributed by atoms with Crippen LogP contribution >= 0.6 is 11.8 Å². The zero-order chi connectivity index (χ0) is 38.6. The number of aromatic nitrogens is 4. The number of Topliss-reactive ketones (excluding diaryl/α,β-unsaturated/α-hetero) is 1. The van der Waals surface area contributed by atoms with Crippen molar-refractivity contribution in [1.29, 1.82) is 0 Å². The molecule has 3 amide bonds. The van der Waals surface area contributed by atoms with Crippen molar-refractivity contribution >= 4 is 76.2 Å². The molecule has 3 aliphatic heterocycles. The van der Waals surface area contributed by atoms with Gasteiger partial charge < -0.3 is 26.6 Å². The number of hydrogen-bond donors (Lipinski definition) is 7. The lowest BCUT2D eigenvalue weighted by molar-refractivity contribution is -0.191. The molecule has 6 rings (SSSR count). The lowest BCUT2D eigenvalue weighted by Crippen LogP contribution is -2.57. The van der Waals surface area contributed by atoms with Crippen LogP contribution in [0.5, 0.6) is 0 Å². The number of nitrogens with one attached hydrogen (secondary N) is 4. The lowest BCUT2D eigenvalue weighted by Gasteiger charge is -2.33. The molecule has 0 unspecified atom stereocenters. The van der Waals surface area contributed by atoms with Crippen molar-refractivity contribution in [2.24, 2.45) is 0 Å². The highest BCUT2D eigenvalue weighted by molar-refractivity contribution is 8.00. The average Bonchev–Trinajstić information content (AvgIpc) is 3.70. The molecule has 0 bridgehead atoms. The summed E-state index contributed by atoms with van der Waals surface area (Å²) in [6.45, 7) is 1.73. The molecule has 1 aromatic carbocycles. The summed E-state index contributed by atoms with van der Waals surface area (Å²) in [4.78, 5) is 121. The molecule has 0 saturated carbocycles. The van der Waals surface area contributed by atoms with Gasteiger partial charge in [-0.25, -0.2) is 19.6 Å². The maximum Gasteiger partial charge on any atom is 0.373 e. The number of carbonyl (C=O) groups excluding carboxylic acids is 6. The molecule has 5 heterocycles. The molecule has 21 nitrogen and oxygen atoms in total. The summed E-state index contributed by atoms with van der Waals surface area (Å²) in [6.07, 6.45) is 1.31. The summed E-state index contributed by atoms with van der Waals surface area (Å²) in [5.41, 5.74) is 6.37. The summed E-state index contributed by atoms with van der Waals surface area (Å²) in [5, 5.41) is 26.6. The number of nitrogen functional groups attached to an aromatic ring is 1. The fourth-order valence-corrected chi connectivity index (χ4v) is 7.84. The maximum absolute atomic E-state index is 13.2. The van der Waals surface area contributed by atoms with Crippen molar-refractivity contribution in [2.45, 2.75) is 68.4 Å². The first-order valence-electron chi connectivity index (χ1n) is 15.9. The van der Waals surface area contributed by atoms with Gasteiger partial charge in [-0.3, -0.25) is 44.1 Å². The highest BCUT2D eigenvalue weighted by Crippen LogP contribution is 2.50. The Morgan fingerprint density at radius 2 is 1.77 bits per heavy atom. The SMILES string of the molecule is C[C@H]1C(=O)N2[C@H](C(=O)O)CS[C@]23N[C@@H](CCC(=O)CC[C@@H](NC(=O)c2ccc(NCc4cnc5nc(N)[nH]c(=O)c5n4)cc2)C(=O)O)C(=O)N13.O=C=O. The number of thioether (sulfide) groups is 1. The number of ketones is 1. The lowest BCUT2D eigenvalue weighted by atomic mass is 10.0. The molecular formula is C31H32N10O11S. The summed E-state index contributed by atoms with van der Waals surface area (Å²) in [5.74, 6) is -4.35. The minimum absolute atomic E-state index is 0.0337. The van der Waals surface area contributed by atoms with E-state index in [1.54, 1.807) is 12.1 Å². The summed E-state index contributed by atoms with van der Waals surface area (Å²) in [6, 6.07) is 2.01. The van der Waals surface area contributed by atoms with Crippen LogP contribution in [0, 0.1) is 0 Å². The summed E-state index contributed by atoms with van der Waals surface area (Å²) < 4.78 is 0. The number of H-pyrrole nitrogens is 1. The molecule has 3 fully saturated rings. The number of nitrogens with zero attached hydrogens (tertiary/aromatic N) is 5. The number of fused-ring (bicyclic) bond motifs is 1. The number of aromatic amines is 1. The van der Waals surface area contributed by atoms with E-state index in [-0.39, 0.29) is 72.6 Å². The van der Waals surface area contributed by atoms with Gasteiger partial charge in [-0.05, 0) is 44.0 Å². The largest absolute Gasteiger partial charge is 0.480 e. The number of aliphatic carboxylic acids is 2. The second kappa shape index (κ2) is 15.6. The fraction of sp³-hybridized carbons (Fsp3) is 0.387. The quantitative estimate of drug-likeness (QED) is 0.104. The normalized spacial score (nSPS) is 21.9. The Morgan fingerprint density at radius 1 is 1.08 bits per heavy atom. The van der Waals surface area contributed by atoms with E-state index in [4.69, 9.17) is 15.3 Å². The number of rotatable bonds is 13. The number of carboxylic acids is 2. The van der Waals surface area contributed by atoms with E-state index >= 15 is 0 Å². The Hall–Kier alpha value is -6.25. The van der Waals surface area contributed by atoms with Crippen LogP contribution in [-0.4, -0.2) is 117 Å².